The molecule has 1 aliphatic heterocycles. The van der Waals surface area contributed by atoms with Gasteiger partial charge in [-0.3, -0.25) is 10.2 Å². The van der Waals surface area contributed by atoms with Crippen molar-refractivity contribution in [1.29, 1.82) is 0 Å². The van der Waals surface area contributed by atoms with Crippen LogP contribution in [-0.4, -0.2) is 31.2 Å². The molecule has 0 fully saturated rings. The van der Waals surface area contributed by atoms with Gasteiger partial charge in [0, 0.05) is 11.6 Å². The molecule has 1 heterocycles. The number of phenols is 1. The third-order valence-electron chi connectivity index (χ3n) is 3.91. The zero-order valence-corrected chi connectivity index (χ0v) is 15.0. The first kappa shape index (κ1) is 17.9. The van der Waals surface area contributed by atoms with E-state index in [9.17, 15) is 18.3 Å². The molecule has 0 radical (unpaired) electrons. The summed E-state index contributed by atoms with van der Waals surface area (Å²) in [5.74, 6) is -0.249. The van der Waals surface area contributed by atoms with E-state index < -0.39 is 10.0 Å². The standard InChI is InChI=1S/C17H18N4O4S/c1-10(2)21-15-8-5-12(22)9-14(15)16(17(21)23)20-19-11-3-6-13(7-4-11)26(18,24)25/h3-10,19,22H,1-2H3,(H2,18,24,25). The Labute approximate surface area is 151 Å². The average Bonchev–Trinajstić information content (AvgIpc) is 2.83. The van der Waals surface area contributed by atoms with E-state index in [1.54, 1.807) is 11.0 Å². The molecule has 8 nitrogen and oxygen atoms in total. The number of nitrogens with zero attached hydrogens (tertiary/aromatic N) is 2. The van der Waals surface area contributed by atoms with Crippen molar-refractivity contribution in [1.82, 2.24) is 0 Å². The summed E-state index contributed by atoms with van der Waals surface area (Å²) in [7, 11) is -3.77. The number of phenolic OH excluding ortho intramolecular Hbond substituents is 1. The Balaban J connectivity index is 1.94. The van der Waals surface area contributed by atoms with Gasteiger partial charge in [-0.1, -0.05) is 0 Å². The summed E-state index contributed by atoms with van der Waals surface area (Å²) in [5.41, 5.74) is 4.59. The predicted octanol–water partition coefficient (Wildman–Crippen LogP) is 1.61. The minimum Gasteiger partial charge on any atom is -0.508 e. The molecule has 3 rings (SSSR count). The van der Waals surface area contributed by atoms with Crippen molar-refractivity contribution in [3.63, 3.8) is 0 Å². The van der Waals surface area contributed by atoms with E-state index in [0.29, 0.717) is 16.9 Å². The first-order valence-corrected chi connectivity index (χ1v) is 9.36. The van der Waals surface area contributed by atoms with Crippen molar-refractivity contribution in [2.24, 2.45) is 10.2 Å². The van der Waals surface area contributed by atoms with E-state index in [1.807, 2.05) is 13.8 Å². The predicted molar refractivity (Wildman–Crippen MR) is 98.7 cm³/mol. The van der Waals surface area contributed by atoms with Crippen LogP contribution in [0.4, 0.5) is 11.4 Å². The fourth-order valence-electron chi connectivity index (χ4n) is 2.72. The van der Waals surface area contributed by atoms with Gasteiger partial charge in [-0.2, -0.15) is 5.10 Å². The highest BCUT2D eigenvalue weighted by molar-refractivity contribution is 7.89. The quantitative estimate of drug-likeness (QED) is 0.701. The van der Waals surface area contributed by atoms with Crippen LogP contribution >= 0.6 is 0 Å². The molecule has 0 bridgehead atoms. The van der Waals surface area contributed by atoms with E-state index in [1.165, 1.54) is 36.4 Å². The van der Waals surface area contributed by atoms with Crippen molar-refractivity contribution in [3.05, 3.63) is 48.0 Å². The maximum atomic E-state index is 12.7. The number of primary sulfonamides is 1. The van der Waals surface area contributed by atoms with E-state index in [-0.39, 0.29) is 28.3 Å². The monoisotopic (exact) mass is 374 g/mol. The summed E-state index contributed by atoms with van der Waals surface area (Å²) in [5, 5.41) is 19.0. The van der Waals surface area contributed by atoms with Crippen molar-refractivity contribution in [3.8, 4) is 5.75 Å². The number of aromatic hydroxyl groups is 1. The molecule has 26 heavy (non-hydrogen) atoms. The van der Waals surface area contributed by atoms with Crippen LogP contribution < -0.4 is 15.5 Å². The highest BCUT2D eigenvalue weighted by Crippen LogP contribution is 2.33. The third kappa shape index (κ3) is 3.26. The number of amides is 1. The fraction of sp³-hybridized carbons (Fsp3) is 0.176. The van der Waals surface area contributed by atoms with Crippen LogP contribution in [0.1, 0.15) is 19.4 Å². The summed E-state index contributed by atoms with van der Waals surface area (Å²) in [6, 6.07) is 10.3. The second-order valence-corrected chi connectivity index (χ2v) is 7.67. The summed E-state index contributed by atoms with van der Waals surface area (Å²) in [4.78, 5) is 14.3. The molecule has 0 spiro atoms. The molecule has 0 unspecified atom stereocenters. The van der Waals surface area contributed by atoms with E-state index in [2.05, 4.69) is 10.5 Å². The fourth-order valence-corrected chi connectivity index (χ4v) is 3.24. The molecule has 9 heteroatoms. The van der Waals surface area contributed by atoms with Gasteiger partial charge in [0.05, 0.1) is 16.3 Å². The molecular formula is C17H18N4O4S. The van der Waals surface area contributed by atoms with Crippen LogP contribution in [0.3, 0.4) is 0 Å². The molecule has 0 saturated heterocycles. The zero-order chi connectivity index (χ0) is 19.1. The van der Waals surface area contributed by atoms with Gasteiger partial charge >= 0.3 is 0 Å². The number of hydrogen-bond acceptors (Lipinski definition) is 6. The van der Waals surface area contributed by atoms with E-state index in [0.717, 1.165) is 0 Å². The molecule has 0 atom stereocenters. The zero-order valence-electron chi connectivity index (χ0n) is 14.2. The molecule has 0 aliphatic carbocycles. The number of fused-ring (bicyclic) bond motifs is 1. The minimum atomic E-state index is -3.77. The van der Waals surface area contributed by atoms with E-state index in [4.69, 9.17) is 5.14 Å². The third-order valence-corrected chi connectivity index (χ3v) is 4.84. The number of benzene rings is 2. The van der Waals surface area contributed by atoms with Crippen molar-refractivity contribution < 1.29 is 18.3 Å². The van der Waals surface area contributed by atoms with Crippen LogP contribution in [0.5, 0.6) is 5.75 Å². The Morgan fingerprint density at radius 3 is 2.38 bits per heavy atom. The van der Waals surface area contributed by atoms with Crippen LogP contribution in [0.15, 0.2) is 52.5 Å². The number of hydrogen-bond donors (Lipinski definition) is 3. The maximum Gasteiger partial charge on any atom is 0.279 e. The Hall–Kier alpha value is -2.91. The molecule has 2 aromatic rings. The van der Waals surface area contributed by atoms with Crippen molar-refractivity contribution >= 4 is 33.0 Å². The number of nitrogens with one attached hydrogen (secondary N) is 1. The molecular weight excluding hydrogens is 356 g/mol. The lowest BCUT2D eigenvalue weighted by atomic mass is 10.1. The smallest absolute Gasteiger partial charge is 0.279 e. The summed E-state index contributed by atoms with van der Waals surface area (Å²) >= 11 is 0. The second kappa shape index (κ2) is 6.43. The molecule has 4 N–H and O–H groups in total. The highest BCUT2D eigenvalue weighted by atomic mass is 32.2. The van der Waals surface area contributed by atoms with Gasteiger partial charge < -0.3 is 10.0 Å². The Bertz CT molecular complexity index is 998. The van der Waals surface area contributed by atoms with Gasteiger partial charge in [0.1, 0.15) is 5.75 Å². The average molecular weight is 374 g/mol. The van der Waals surface area contributed by atoms with Gasteiger partial charge in [-0.15, -0.1) is 0 Å². The number of carbonyl (C=O) groups excluding carboxylic acids is 1. The Morgan fingerprint density at radius 1 is 1.15 bits per heavy atom. The normalized spacial score (nSPS) is 15.6. The van der Waals surface area contributed by atoms with Gasteiger partial charge in [-0.25, -0.2) is 13.6 Å². The van der Waals surface area contributed by atoms with Gasteiger partial charge in [-0.05, 0) is 56.3 Å². The van der Waals surface area contributed by atoms with Crippen LogP contribution in [0.2, 0.25) is 0 Å². The van der Waals surface area contributed by atoms with Crippen molar-refractivity contribution in [2.75, 3.05) is 10.3 Å². The number of nitrogens with two attached hydrogens (primary N) is 1. The Morgan fingerprint density at radius 2 is 1.81 bits per heavy atom. The first-order valence-electron chi connectivity index (χ1n) is 7.82. The van der Waals surface area contributed by atoms with Gasteiger partial charge in [0.25, 0.3) is 5.91 Å². The molecule has 0 saturated carbocycles. The molecule has 2 aromatic carbocycles. The lowest BCUT2D eigenvalue weighted by Gasteiger charge is -2.21. The van der Waals surface area contributed by atoms with Crippen LogP contribution in [0, 0.1) is 0 Å². The van der Waals surface area contributed by atoms with Gasteiger partial charge in [0.2, 0.25) is 10.0 Å². The SMILES string of the molecule is CC(C)N1C(=O)C(=NNc2ccc(S(N)(=O)=O)cc2)c2cc(O)ccc21. The van der Waals surface area contributed by atoms with Crippen molar-refractivity contribution in [2.45, 2.75) is 24.8 Å². The summed E-state index contributed by atoms with van der Waals surface area (Å²) in [6.07, 6.45) is 0. The number of hydrazone groups is 1. The highest BCUT2D eigenvalue weighted by Gasteiger charge is 2.36. The lowest BCUT2D eigenvalue weighted by molar-refractivity contribution is -0.112. The topological polar surface area (TPSA) is 125 Å². The summed E-state index contributed by atoms with van der Waals surface area (Å²) in [6.45, 7) is 3.77. The van der Waals surface area contributed by atoms with E-state index >= 15 is 0 Å². The second-order valence-electron chi connectivity index (χ2n) is 6.11. The summed E-state index contributed by atoms with van der Waals surface area (Å²) < 4.78 is 22.6. The molecule has 1 aliphatic rings. The molecule has 136 valence electrons. The number of carbonyl (C=O) groups is 1. The molecule has 1 amide bonds. The maximum absolute atomic E-state index is 12.7. The van der Waals surface area contributed by atoms with Crippen LogP contribution in [-0.2, 0) is 14.8 Å². The first-order chi connectivity index (χ1) is 12.2. The minimum absolute atomic E-state index is 0.0195. The Kier molecular flexibility index (Phi) is 4.43. The number of rotatable bonds is 4. The lowest BCUT2D eigenvalue weighted by Crippen LogP contribution is -2.36. The number of anilines is 2. The number of sulfonamides is 1. The molecule has 0 aromatic heterocycles. The van der Waals surface area contributed by atoms with Gasteiger partial charge in [0.15, 0.2) is 5.71 Å². The largest absolute Gasteiger partial charge is 0.508 e. The van der Waals surface area contributed by atoms with Crippen LogP contribution in [0.25, 0.3) is 0 Å².